The highest BCUT2D eigenvalue weighted by Gasteiger charge is 2.14. The van der Waals surface area contributed by atoms with Gasteiger partial charge in [0.25, 0.3) is 6.69 Å². The molecule has 0 fully saturated rings. The minimum atomic E-state index is -1.94. The second-order valence-electron chi connectivity index (χ2n) is 2.50. The third kappa shape index (κ3) is 8.54. The monoisotopic (exact) mass is 196 g/mol. The zero-order valence-electron chi connectivity index (χ0n) is 6.53. The predicted molar refractivity (Wildman–Crippen MR) is 52.0 cm³/mol. The number of allylic oxidation sites excluding steroid dienone is 1. The van der Waals surface area contributed by atoms with Crippen LogP contribution in [-0.2, 0) is 0 Å². The summed E-state index contributed by atoms with van der Waals surface area (Å²) in [7, 11) is 0. The van der Waals surface area contributed by atoms with E-state index in [1.807, 2.05) is 12.2 Å². The minimum absolute atomic E-state index is 1.11. The van der Waals surface area contributed by atoms with Crippen molar-refractivity contribution < 1.29 is 0 Å². The quantitative estimate of drug-likeness (QED) is 0.365. The van der Waals surface area contributed by atoms with E-state index in [2.05, 4.69) is 13.0 Å². The summed E-state index contributed by atoms with van der Waals surface area (Å²) in [4.78, 5) is 0. The standard InChI is InChI=1S/C7H14Cl2Si/c1-3-4-5-6-7-10(2,8)9/h6-7H,3-5H2,1-2H3. The Kier molecular flexibility index (Phi) is 5.50. The van der Waals surface area contributed by atoms with Crippen molar-refractivity contribution in [2.24, 2.45) is 0 Å². The van der Waals surface area contributed by atoms with Gasteiger partial charge in [0.15, 0.2) is 0 Å². The summed E-state index contributed by atoms with van der Waals surface area (Å²) < 4.78 is 0. The highest BCUT2D eigenvalue weighted by molar-refractivity contribution is 7.47. The van der Waals surface area contributed by atoms with E-state index in [0.29, 0.717) is 0 Å². The van der Waals surface area contributed by atoms with Crippen molar-refractivity contribution in [1.29, 1.82) is 0 Å². The zero-order chi connectivity index (χ0) is 8.04. The van der Waals surface area contributed by atoms with Crippen molar-refractivity contribution in [2.45, 2.75) is 32.7 Å². The fraction of sp³-hybridized carbons (Fsp3) is 0.714. The Bertz CT molecular complexity index is 105. The first-order valence-corrected chi connectivity index (χ1v) is 8.22. The molecule has 0 aliphatic carbocycles. The molecule has 0 N–H and O–H groups in total. The van der Waals surface area contributed by atoms with E-state index in [0.717, 1.165) is 6.42 Å². The summed E-state index contributed by atoms with van der Waals surface area (Å²) in [5.74, 6) is 0. The van der Waals surface area contributed by atoms with Crippen molar-refractivity contribution in [3.8, 4) is 0 Å². The van der Waals surface area contributed by atoms with Crippen LogP contribution in [0, 0.1) is 0 Å². The number of unbranched alkanes of at least 4 members (excludes halogenated alkanes) is 2. The summed E-state index contributed by atoms with van der Waals surface area (Å²) >= 11 is 11.7. The summed E-state index contributed by atoms with van der Waals surface area (Å²) in [5.41, 5.74) is 1.96. The molecule has 0 aliphatic heterocycles. The van der Waals surface area contributed by atoms with Crippen LogP contribution in [0.4, 0.5) is 0 Å². The van der Waals surface area contributed by atoms with Crippen LogP contribution in [-0.4, -0.2) is 6.69 Å². The molecule has 0 saturated heterocycles. The summed E-state index contributed by atoms with van der Waals surface area (Å²) in [5, 5.41) is 0. The smallest absolute Gasteiger partial charge is 0.141 e. The van der Waals surface area contributed by atoms with Gasteiger partial charge in [0, 0.05) is 0 Å². The van der Waals surface area contributed by atoms with Crippen LogP contribution < -0.4 is 0 Å². The Labute approximate surface area is 73.6 Å². The van der Waals surface area contributed by atoms with Crippen molar-refractivity contribution in [2.75, 3.05) is 0 Å². The third-order valence-electron chi connectivity index (χ3n) is 1.13. The summed E-state index contributed by atoms with van der Waals surface area (Å²) in [6, 6.07) is 0. The van der Waals surface area contributed by atoms with E-state index in [1.165, 1.54) is 12.8 Å². The number of rotatable bonds is 4. The fourth-order valence-electron chi connectivity index (χ4n) is 0.612. The lowest BCUT2D eigenvalue weighted by Gasteiger charge is -2.00. The van der Waals surface area contributed by atoms with Gasteiger partial charge < -0.3 is 0 Å². The SMILES string of the molecule is CCCCC=C[Si](C)(Cl)Cl. The lowest BCUT2D eigenvalue weighted by molar-refractivity contribution is 0.815. The molecule has 0 aliphatic rings. The highest BCUT2D eigenvalue weighted by Crippen LogP contribution is 2.15. The van der Waals surface area contributed by atoms with Crippen LogP contribution in [0.3, 0.4) is 0 Å². The number of hydrogen-bond donors (Lipinski definition) is 0. The van der Waals surface area contributed by atoms with Gasteiger partial charge >= 0.3 is 0 Å². The molecule has 0 heterocycles. The van der Waals surface area contributed by atoms with Crippen LogP contribution in [0.5, 0.6) is 0 Å². The molecule has 0 unspecified atom stereocenters. The first-order chi connectivity index (χ1) is 4.56. The molecular weight excluding hydrogens is 183 g/mol. The molecule has 0 aromatic heterocycles. The molecule has 0 spiro atoms. The molecule has 0 amide bonds. The molecule has 0 rings (SSSR count). The van der Waals surface area contributed by atoms with Crippen LogP contribution in [0.15, 0.2) is 11.8 Å². The molecule has 0 aromatic rings. The van der Waals surface area contributed by atoms with Crippen LogP contribution in [0.2, 0.25) is 6.55 Å². The molecular formula is C7H14Cl2Si. The molecule has 0 radical (unpaired) electrons. The minimum Gasteiger partial charge on any atom is -0.141 e. The van der Waals surface area contributed by atoms with Gasteiger partial charge in [-0.3, -0.25) is 0 Å². The van der Waals surface area contributed by atoms with Crippen LogP contribution >= 0.6 is 22.2 Å². The Hall–Kier alpha value is 0.537. The van der Waals surface area contributed by atoms with Crippen molar-refractivity contribution >= 4 is 28.9 Å². The van der Waals surface area contributed by atoms with E-state index < -0.39 is 6.69 Å². The summed E-state index contributed by atoms with van der Waals surface area (Å²) in [6.07, 6.45) is 5.66. The first-order valence-electron chi connectivity index (χ1n) is 3.62. The maximum atomic E-state index is 5.83. The maximum Gasteiger partial charge on any atom is 0.270 e. The van der Waals surface area contributed by atoms with Gasteiger partial charge in [-0.1, -0.05) is 31.5 Å². The Morgan fingerprint density at radius 2 is 2.00 bits per heavy atom. The first kappa shape index (κ1) is 10.5. The van der Waals surface area contributed by atoms with Crippen LogP contribution in [0.25, 0.3) is 0 Å². The van der Waals surface area contributed by atoms with Gasteiger partial charge in [0.1, 0.15) is 0 Å². The number of halogens is 2. The average Bonchev–Trinajstić information content (AvgIpc) is 1.78. The van der Waals surface area contributed by atoms with Gasteiger partial charge in [-0.05, 0) is 13.0 Å². The van der Waals surface area contributed by atoms with Gasteiger partial charge in [-0.25, -0.2) is 0 Å². The largest absolute Gasteiger partial charge is 0.270 e. The Balaban J connectivity index is 3.37. The van der Waals surface area contributed by atoms with Gasteiger partial charge in [0.05, 0.1) is 0 Å². The lowest BCUT2D eigenvalue weighted by Crippen LogP contribution is -2.07. The molecule has 60 valence electrons. The second kappa shape index (κ2) is 5.22. The molecule has 0 nitrogen and oxygen atoms in total. The molecule has 3 heteroatoms. The van der Waals surface area contributed by atoms with E-state index in [-0.39, 0.29) is 0 Å². The maximum absolute atomic E-state index is 5.83. The second-order valence-corrected chi connectivity index (χ2v) is 10.0. The van der Waals surface area contributed by atoms with Crippen molar-refractivity contribution in [1.82, 2.24) is 0 Å². The normalized spacial score (nSPS) is 12.8. The summed E-state index contributed by atoms with van der Waals surface area (Å²) in [6.45, 7) is 2.13. The van der Waals surface area contributed by atoms with Crippen molar-refractivity contribution in [3.63, 3.8) is 0 Å². The zero-order valence-corrected chi connectivity index (χ0v) is 9.04. The molecule has 0 atom stereocenters. The van der Waals surface area contributed by atoms with Crippen molar-refractivity contribution in [3.05, 3.63) is 11.8 Å². The van der Waals surface area contributed by atoms with Gasteiger partial charge in [-0.15, -0.1) is 22.2 Å². The lowest BCUT2D eigenvalue weighted by atomic mass is 10.2. The predicted octanol–water partition coefficient (Wildman–Crippen LogP) is 3.82. The van der Waals surface area contributed by atoms with E-state index in [4.69, 9.17) is 22.2 Å². The fourth-order valence-corrected chi connectivity index (χ4v) is 1.73. The molecule has 0 bridgehead atoms. The number of hydrogen-bond acceptors (Lipinski definition) is 0. The van der Waals surface area contributed by atoms with E-state index in [9.17, 15) is 0 Å². The topological polar surface area (TPSA) is 0 Å². The van der Waals surface area contributed by atoms with Gasteiger partial charge in [0.2, 0.25) is 0 Å². The molecule has 0 saturated carbocycles. The Morgan fingerprint density at radius 3 is 2.40 bits per heavy atom. The highest BCUT2D eigenvalue weighted by atomic mass is 35.7. The van der Waals surface area contributed by atoms with E-state index in [1.54, 1.807) is 0 Å². The van der Waals surface area contributed by atoms with Gasteiger partial charge in [-0.2, -0.15) is 0 Å². The van der Waals surface area contributed by atoms with Crippen LogP contribution in [0.1, 0.15) is 26.2 Å². The molecule has 0 aromatic carbocycles. The van der Waals surface area contributed by atoms with E-state index >= 15 is 0 Å². The average molecular weight is 197 g/mol. The third-order valence-corrected chi connectivity index (χ3v) is 2.71. The Morgan fingerprint density at radius 1 is 1.40 bits per heavy atom. The molecule has 10 heavy (non-hydrogen) atoms.